The first-order valence-corrected chi connectivity index (χ1v) is 11.8. The molecule has 24 heavy (non-hydrogen) atoms. The number of rotatable bonds is 11. The molecule has 1 unspecified atom stereocenters. The normalized spacial score (nSPS) is 14.7. The van der Waals surface area contributed by atoms with Crippen molar-refractivity contribution in [1.29, 1.82) is 0 Å². The van der Waals surface area contributed by atoms with Gasteiger partial charge in [-0.25, -0.2) is 21.1 Å². The Morgan fingerprint density at radius 3 is 2.33 bits per heavy atom. The number of sulfone groups is 1. The molecule has 0 rings (SSSR count). The van der Waals surface area contributed by atoms with E-state index in [1.165, 1.54) is 10.6 Å². The Morgan fingerprint density at radius 1 is 1.21 bits per heavy atom. The molecule has 8 nitrogen and oxygen atoms in total. The van der Waals surface area contributed by atoms with Crippen LogP contribution in [0.1, 0.15) is 33.6 Å². The summed E-state index contributed by atoms with van der Waals surface area (Å²) in [6.07, 6.45) is 2.34. The van der Waals surface area contributed by atoms with Gasteiger partial charge in [-0.1, -0.05) is 0 Å². The largest absolute Gasteiger partial charge is 0.357 e. The van der Waals surface area contributed by atoms with Gasteiger partial charge in [-0.3, -0.25) is 4.99 Å². The highest BCUT2D eigenvalue weighted by Gasteiger charge is 2.14. The number of sulfonamides is 1. The zero-order chi connectivity index (χ0) is 18.8. The zero-order valence-electron chi connectivity index (χ0n) is 15.4. The molecule has 0 aliphatic rings. The van der Waals surface area contributed by atoms with Crippen LogP contribution >= 0.6 is 0 Å². The van der Waals surface area contributed by atoms with Gasteiger partial charge in [0.05, 0.1) is 11.5 Å². The summed E-state index contributed by atoms with van der Waals surface area (Å²) in [5.41, 5.74) is 0. The van der Waals surface area contributed by atoms with Gasteiger partial charge in [-0.15, -0.1) is 0 Å². The minimum Gasteiger partial charge on any atom is -0.357 e. The lowest BCUT2D eigenvalue weighted by Crippen LogP contribution is -2.43. The topological polar surface area (TPSA) is 108 Å². The van der Waals surface area contributed by atoms with Crippen LogP contribution in [0.3, 0.4) is 0 Å². The van der Waals surface area contributed by atoms with Crippen LogP contribution in [0.5, 0.6) is 0 Å². The van der Waals surface area contributed by atoms with Gasteiger partial charge in [-0.2, -0.15) is 0 Å². The van der Waals surface area contributed by atoms with Gasteiger partial charge in [-0.05, 0) is 33.6 Å². The number of hydrogen-bond donors (Lipinski definition) is 2. The maximum Gasteiger partial charge on any atom is 0.213 e. The number of hydrogen-bond acceptors (Lipinski definition) is 5. The van der Waals surface area contributed by atoms with Crippen LogP contribution in [0.4, 0.5) is 0 Å². The van der Waals surface area contributed by atoms with E-state index in [9.17, 15) is 16.8 Å². The molecule has 10 heteroatoms. The fourth-order valence-electron chi connectivity index (χ4n) is 1.86. The molecule has 0 saturated heterocycles. The summed E-state index contributed by atoms with van der Waals surface area (Å²) in [6.45, 7) is 7.06. The molecule has 0 aromatic carbocycles. The van der Waals surface area contributed by atoms with Gasteiger partial charge in [0, 0.05) is 39.0 Å². The summed E-state index contributed by atoms with van der Waals surface area (Å²) in [4.78, 5) is 4.40. The number of guanidine groups is 1. The molecule has 0 radical (unpaired) electrons. The van der Waals surface area contributed by atoms with E-state index >= 15 is 0 Å². The molecule has 0 spiro atoms. The average molecular weight is 385 g/mol. The van der Waals surface area contributed by atoms with E-state index in [2.05, 4.69) is 15.6 Å². The molecular weight excluding hydrogens is 352 g/mol. The standard InChI is InChI=1S/C14H32N4O4S2/c1-6-15-14(17-13(3)9-12-23(5,19)20)16-10-8-11-18(4)24(21,22)7-2/h13H,6-12H2,1-5H3,(H2,15,16,17). The monoisotopic (exact) mass is 384 g/mol. The third-order valence-electron chi connectivity index (χ3n) is 3.39. The van der Waals surface area contributed by atoms with Crippen LogP contribution in [0.25, 0.3) is 0 Å². The van der Waals surface area contributed by atoms with E-state index in [-0.39, 0.29) is 17.5 Å². The van der Waals surface area contributed by atoms with Crippen molar-refractivity contribution in [3.8, 4) is 0 Å². The maximum atomic E-state index is 11.6. The van der Waals surface area contributed by atoms with Crippen molar-refractivity contribution < 1.29 is 16.8 Å². The molecule has 0 heterocycles. The summed E-state index contributed by atoms with van der Waals surface area (Å²) in [6, 6.07) is -0.0272. The molecule has 144 valence electrons. The van der Waals surface area contributed by atoms with Gasteiger partial charge in [0.25, 0.3) is 0 Å². The summed E-state index contributed by atoms with van der Waals surface area (Å²) >= 11 is 0. The van der Waals surface area contributed by atoms with Crippen LogP contribution in [-0.4, -0.2) is 77.6 Å². The number of nitrogens with zero attached hydrogens (tertiary/aromatic N) is 2. The zero-order valence-corrected chi connectivity index (χ0v) is 17.0. The van der Waals surface area contributed by atoms with Crippen molar-refractivity contribution in [2.45, 2.75) is 39.7 Å². The van der Waals surface area contributed by atoms with E-state index < -0.39 is 19.9 Å². The van der Waals surface area contributed by atoms with Crippen molar-refractivity contribution in [2.24, 2.45) is 4.99 Å². The molecule has 0 aromatic heterocycles. The highest BCUT2D eigenvalue weighted by Crippen LogP contribution is 1.99. The summed E-state index contributed by atoms with van der Waals surface area (Å²) < 4.78 is 47.0. The Hall–Kier alpha value is -0.870. The van der Waals surface area contributed by atoms with Gasteiger partial charge < -0.3 is 10.6 Å². The van der Waals surface area contributed by atoms with Crippen LogP contribution in [0.15, 0.2) is 4.99 Å². The smallest absolute Gasteiger partial charge is 0.213 e. The third kappa shape index (κ3) is 10.8. The van der Waals surface area contributed by atoms with Crippen molar-refractivity contribution in [1.82, 2.24) is 14.9 Å². The van der Waals surface area contributed by atoms with Crippen molar-refractivity contribution >= 4 is 25.8 Å². The van der Waals surface area contributed by atoms with Gasteiger partial charge >= 0.3 is 0 Å². The van der Waals surface area contributed by atoms with Crippen molar-refractivity contribution in [3.05, 3.63) is 0 Å². The van der Waals surface area contributed by atoms with Crippen LogP contribution in [0.2, 0.25) is 0 Å². The van der Waals surface area contributed by atoms with E-state index in [4.69, 9.17) is 0 Å². The lowest BCUT2D eigenvalue weighted by Gasteiger charge is -2.18. The highest BCUT2D eigenvalue weighted by molar-refractivity contribution is 7.90. The first-order valence-electron chi connectivity index (χ1n) is 8.18. The SMILES string of the molecule is CCNC(=NCCCN(C)S(=O)(=O)CC)NC(C)CCS(C)(=O)=O. The van der Waals surface area contributed by atoms with E-state index in [1.54, 1.807) is 14.0 Å². The minimum absolute atomic E-state index is 0.0272. The summed E-state index contributed by atoms with van der Waals surface area (Å²) in [7, 11) is -4.56. The lowest BCUT2D eigenvalue weighted by molar-refractivity contribution is 0.464. The van der Waals surface area contributed by atoms with Crippen LogP contribution in [-0.2, 0) is 19.9 Å². The second-order valence-corrected chi connectivity index (χ2v) is 10.4. The molecule has 0 amide bonds. The van der Waals surface area contributed by atoms with Gasteiger partial charge in [0.1, 0.15) is 9.84 Å². The summed E-state index contributed by atoms with van der Waals surface area (Å²) in [5.74, 6) is 0.828. The van der Waals surface area contributed by atoms with Crippen molar-refractivity contribution in [2.75, 3.05) is 44.4 Å². The Labute approximate surface area is 147 Å². The molecular formula is C14H32N4O4S2. The second kappa shape index (κ2) is 10.9. The quantitative estimate of drug-likeness (QED) is 0.296. The van der Waals surface area contributed by atoms with Crippen molar-refractivity contribution in [3.63, 3.8) is 0 Å². The Balaban J connectivity index is 4.42. The fraction of sp³-hybridized carbons (Fsp3) is 0.929. The highest BCUT2D eigenvalue weighted by atomic mass is 32.2. The second-order valence-electron chi connectivity index (χ2n) is 5.80. The molecule has 1 atom stereocenters. The average Bonchev–Trinajstić information content (AvgIpc) is 2.48. The molecule has 0 aliphatic heterocycles. The minimum atomic E-state index is -3.15. The lowest BCUT2D eigenvalue weighted by atomic mass is 10.3. The van der Waals surface area contributed by atoms with E-state index in [0.29, 0.717) is 38.4 Å². The molecule has 0 saturated carbocycles. The fourth-order valence-corrected chi connectivity index (χ4v) is 3.49. The number of aliphatic imine (C=N–C) groups is 1. The Bertz CT molecular complexity index is 588. The van der Waals surface area contributed by atoms with E-state index in [1.807, 2.05) is 13.8 Å². The Kier molecular flexibility index (Phi) is 10.5. The van der Waals surface area contributed by atoms with Crippen LogP contribution in [0, 0.1) is 0 Å². The Morgan fingerprint density at radius 2 is 1.83 bits per heavy atom. The first-order chi connectivity index (χ1) is 11.0. The molecule has 0 aliphatic carbocycles. The van der Waals surface area contributed by atoms with Gasteiger partial charge in [0.15, 0.2) is 5.96 Å². The molecule has 0 aromatic rings. The predicted octanol–water partition coefficient (Wildman–Crippen LogP) is 0.0363. The maximum absolute atomic E-state index is 11.6. The van der Waals surface area contributed by atoms with Gasteiger partial charge in [0.2, 0.25) is 10.0 Å². The summed E-state index contributed by atoms with van der Waals surface area (Å²) in [5, 5.41) is 6.26. The predicted molar refractivity (Wildman–Crippen MR) is 99.6 cm³/mol. The first kappa shape index (κ1) is 23.1. The molecule has 0 bridgehead atoms. The third-order valence-corrected chi connectivity index (χ3v) is 6.23. The molecule has 2 N–H and O–H groups in total. The number of nitrogens with one attached hydrogen (secondary N) is 2. The molecule has 0 fully saturated rings. The van der Waals surface area contributed by atoms with E-state index in [0.717, 1.165) is 0 Å². The van der Waals surface area contributed by atoms with Crippen LogP contribution < -0.4 is 10.6 Å².